The van der Waals surface area contributed by atoms with Gasteiger partial charge in [0.05, 0.1) is 6.61 Å². The molecule has 0 aromatic carbocycles. The topological polar surface area (TPSA) is 35.5 Å². The van der Waals surface area contributed by atoms with Gasteiger partial charge in [0.2, 0.25) is 0 Å². The van der Waals surface area contributed by atoms with E-state index in [9.17, 15) is 4.79 Å². The van der Waals surface area contributed by atoms with E-state index in [1.165, 1.54) is 0 Å². The third kappa shape index (κ3) is 7.85. The molecule has 0 fully saturated rings. The molecule has 0 rings (SSSR count). The summed E-state index contributed by atoms with van der Waals surface area (Å²) in [5.41, 5.74) is 0. The highest BCUT2D eigenvalue weighted by Crippen LogP contribution is 2.02. The largest absolute Gasteiger partial charge is 0.509 e. The molecule has 0 aromatic heterocycles. The predicted octanol–water partition coefficient (Wildman–Crippen LogP) is 3.07. The fourth-order valence-corrected chi connectivity index (χ4v) is 0.827. The van der Waals surface area contributed by atoms with Crippen LogP contribution in [0.25, 0.3) is 0 Å². The van der Waals surface area contributed by atoms with Crippen LogP contribution >= 0.6 is 15.9 Å². The van der Waals surface area contributed by atoms with Crippen molar-refractivity contribution in [1.82, 2.24) is 0 Å². The van der Waals surface area contributed by atoms with Gasteiger partial charge in [-0.1, -0.05) is 19.8 Å². The molecular formula is C8H15BrO3. The smallest absolute Gasteiger partial charge is 0.434 e. The second-order valence-electron chi connectivity index (χ2n) is 2.47. The Hall–Kier alpha value is -0.250. The summed E-state index contributed by atoms with van der Waals surface area (Å²) in [6, 6.07) is 0. The summed E-state index contributed by atoms with van der Waals surface area (Å²) < 4.78 is 9.45. The molecule has 0 saturated carbocycles. The normalized spacial score (nSPS) is 12.2. The molecule has 3 nitrogen and oxygen atoms in total. The molecule has 0 aliphatic rings. The molecule has 12 heavy (non-hydrogen) atoms. The van der Waals surface area contributed by atoms with Gasteiger partial charge < -0.3 is 9.47 Å². The standard InChI is InChI=1S/C8H15BrO3/c1-3-4-5-6-11-8(10)12-7(2)9/h7H,3-6H2,1-2H3. The number of halogens is 1. The van der Waals surface area contributed by atoms with Crippen molar-refractivity contribution in [3.8, 4) is 0 Å². The SMILES string of the molecule is CCCCCOC(=O)OC(C)Br. The van der Waals surface area contributed by atoms with Crippen molar-refractivity contribution in [3.63, 3.8) is 0 Å². The Morgan fingerprint density at radius 3 is 2.67 bits per heavy atom. The lowest BCUT2D eigenvalue weighted by Gasteiger charge is -2.06. The molecule has 1 atom stereocenters. The second kappa shape index (κ2) is 7.40. The summed E-state index contributed by atoms with van der Waals surface area (Å²) in [5.74, 6) is 0. The third-order valence-electron chi connectivity index (χ3n) is 1.23. The second-order valence-corrected chi connectivity index (χ2v) is 3.76. The van der Waals surface area contributed by atoms with Crippen LogP contribution in [-0.4, -0.2) is 17.8 Å². The lowest BCUT2D eigenvalue weighted by molar-refractivity contribution is 0.0518. The van der Waals surface area contributed by atoms with Gasteiger partial charge in [0, 0.05) is 0 Å². The minimum atomic E-state index is -0.601. The Morgan fingerprint density at radius 1 is 1.50 bits per heavy atom. The van der Waals surface area contributed by atoms with Crippen LogP contribution in [0.4, 0.5) is 4.79 Å². The number of rotatable bonds is 5. The van der Waals surface area contributed by atoms with Gasteiger partial charge in [-0.05, 0) is 29.3 Å². The molecule has 0 aliphatic heterocycles. The fourth-order valence-electron chi connectivity index (χ4n) is 0.674. The highest BCUT2D eigenvalue weighted by atomic mass is 79.9. The lowest BCUT2D eigenvalue weighted by Crippen LogP contribution is -2.11. The van der Waals surface area contributed by atoms with Gasteiger partial charge in [-0.25, -0.2) is 4.79 Å². The van der Waals surface area contributed by atoms with Crippen LogP contribution in [-0.2, 0) is 9.47 Å². The van der Waals surface area contributed by atoms with Gasteiger partial charge in [-0.15, -0.1) is 0 Å². The lowest BCUT2D eigenvalue weighted by atomic mass is 10.3. The zero-order valence-electron chi connectivity index (χ0n) is 7.51. The number of alkyl halides is 1. The molecule has 0 aliphatic carbocycles. The maximum atomic E-state index is 10.7. The molecule has 0 N–H and O–H groups in total. The summed E-state index contributed by atoms with van der Waals surface area (Å²) >= 11 is 3.07. The maximum absolute atomic E-state index is 10.7. The first-order valence-corrected chi connectivity index (χ1v) is 5.06. The highest BCUT2D eigenvalue weighted by Gasteiger charge is 2.05. The first-order valence-electron chi connectivity index (χ1n) is 4.14. The summed E-state index contributed by atoms with van der Waals surface area (Å²) in [6.45, 7) is 4.26. The maximum Gasteiger partial charge on any atom is 0.509 e. The molecule has 4 heteroatoms. The molecule has 0 amide bonds. The van der Waals surface area contributed by atoms with Crippen LogP contribution in [0.2, 0.25) is 0 Å². The number of carbonyl (C=O) groups is 1. The summed E-state index contributed by atoms with van der Waals surface area (Å²) in [7, 11) is 0. The van der Waals surface area contributed by atoms with Crippen LogP contribution in [0, 0.1) is 0 Å². The Balaban J connectivity index is 3.20. The quantitative estimate of drug-likeness (QED) is 0.420. The van der Waals surface area contributed by atoms with Crippen molar-refractivity contribution >= 4 is 22.1 Å². The molecule has 1 unspecified atom stereocenters. The molecule has 72 valence electrons. The van der Waals surface area contributed by atoms with Gasteiger partial charge in [-0.2, -0.15) is 0 Å². The van der Waals surface area contributed by atoms with Crippen LogP contribution in [0.1, 0.15) is 33.1 Å². The van der Waals surface area contributed by atoms with E-state index in [4.69, 9.17) is 4.74 Å². The van der Waals surface area contributed by atoms with Crippen LogP contribution in [0.3, 0.4) is 0 Å². The minimum absolute atomic E-state index is 0.281. The van der Waals surface area contributed by atoms with Crippen molar-refractivity contribution in [1.29, 1.82) is 0 Å². The number of hydrogen-bond acceptors (Lipinski definition) is 3. The van der Waals surface area contributed by atoms with Crippen LogP contribution < -0.4 is 0 Å². The molecule has 0 aromatic rings. The van der Waals surface area contributed by atoms with E-state index in [1.807, 2.05) is 0 Å². The summed E-state index contributed by atoms with van der Waals surface area (Å²) in [5, 5.41) is -0.281. The Bertz CT molecular complexity index is 125. The van der Waals surface area contributed by atoms with Crippen molar-refractivity contribution in [3.05, 3.63) is 0 Å². The number of ether oxygens (including phenoxy) is 2. The zero-order chi connectivity index (χ0) is 9.40. The van der Waals surface area contributed by atoms with Crippen LogP contribution in [0.5, 0.6) is 0 Å². The van der Waals surface area contributed by atoms with E-state index in [2.05, 4.69) is 27.6 Å². The number of unbranched alkanes of at least 4 members (excludes halogenated alkanes) is 2. The average molecular weight is 239 g/mol. The van der Waals surface area contributed by atoms with E-state index in [0.717, 1.165) is 19.3 Å². The molecule has 0 saturated heterocycles. The fraction of sp³-hybridized carbons (Fsp3) is 0.875. The average Bonchev–Trinajstić information content (AvgIpc) is 1.97. The van der Waals surface area contributed by atoms with Crippen LogP contribution in [0.15, 0.2) is 0 Å². The first-order chi connectivity index (χ1) is 5.66. The van der Waals surface area contributed by atoms with Gasteiger partial charge in [0.1, 0.15) is 0 Å². The Labute approximate surface area is 81.6 Å². The van der Waals surface area contributed by atoms with E-state index in [0.29, 0.717) is 6.61 Å². The zero-order valence-corrected chi connectivity index (χ0v) is 9.09. The minimum Gasteiger partial charge on any atom is -0.434 e. The van der Waals surface area contributed by atoms with E-state index in [1.54, 1.807) is 6.92 Å². The number of hydrogen-bond donors (Lipinski definition) is 0. The molecular weight excluding hydrogens is 224 g/mol. The Kier molecular flexibility index (Phi) is 7.25. The molecule has 0 heterocycles. The highest BCUT2D eigenvalue weighted by molar-refractivity contribution is 9.09. The van der Waals surface area contributed by atoms with Gasteiger partial charge in [0.25, 0.3) is 0 Å². The van der Waals surface area contributed by atoms with Gasteiger partial charge >= 0.3 is 6.16 Å². The first kappa shape index (κ1) is 11.8. The van der Waals surface area contributed by atoms with Crippen molar-refractivity contribution in [2.45, 2.75) is 38.1 Å². The van der Waals surface area contributed by atoms with E-state index in [-0.39, 0.29) is 5.01 Å². The van der Waals surface area contributed by atoms with Crippen molar-refractivity contribution in [2.24, 2.45) is 0 Å². The molecule has 0 spiro atoms. The van der Waals surface area contributed by atoms with Crippen molar-refractivity contribution in [2.75, 3.05) is 6.61 Å². The summed E-state index contributed by atoms with van der Waals surface area (Å²) in [4.78, 5) is 10.7. The number of carbonyl (C=O) groups excluding carboxylic acids is 1. The van der Waals surface area contributed by atoms with E-state index < -0.39 is 6.16 Å². The monoisotopic (exact) mass is 238 g/mol. The predicted molar refractivity (Wildman–Crippen MR) is 50.3 cm³/mol. The van der Waals surface area contributed by atoms with Gasteiger partial charge in [-0.3, -0.25) is 0 Å². The molecule has 0 radical (unpaired) electrons. The molecule has 0 bridgehead atoms. The summed E-state index contributed by atoms with van der Waals surface area (Å²) in [6.07, 6.45) is 2.50. The Morgan fingerprint density at radius 2 is 2.17 bits per heavy atom. The van der Waals surface area contributed by atoms with Crippen molar-refractivity contribution < 1.29 is 14.3 Å². The van der Waals surface area contributed by atoms with Gasteiger partial charge in [0.15, 0.2) is 5.01 Å². The van der Waals surface area contributed by atoms with E-state index >= 15 is 0 Å². The third-order valence-corrected chi connectivity index (χ3v) is 1.41.